The summed E-state index contributed by atoms with van der Waals surface area (Å²) in [5.74, 6) is -2.54. The fraction of sp³-hybridized carbons (Fsp3) is 0.714. The third-order valence-corrected chi connectivity index (χ3v) is 4.26. The van der Waals surface area contributed by atoms with Crippen molar-refractivity contribution in [3.63, 3.8) is 0 Å². The molecule has 0 aromatic heterocycles. The Balaban J connectivity index is 3.18. The summed E-state index contributed by atoms with van der Waals surface area (Å²) >= 11 is 4.07. The highest BCUT2D eigenvalue weighted by atomic mass is 33.1. The topological polar surface area (TPSA) is 114 Å². The molecule has 1 fully saturated rings. The molecule has 5 atom stereocenters. The smallest absolute Gasteiger partial charge is 0.303 e. The fourth-order valence-corrected chi connectivity index (χ4v) is 3.31. The first-order valence-corrected chi connectivity index (χ1v) is 9.19. The predicted octanol–water partition coefficient (Wildman–Crippen LogP) is 0.647. The standard InChI is InChI=1S/C14H20O9S2/c1-6(15)19-5-10-11(20-7(2)16)12(21-8(3)17)13(22-9(4)18)14(23-10)25-24/h10-14,24H,5H2,1-4H3/t10?,11-,12?,13+,14+/m1/s1. The van der Waals surface area contributed by atoms with E-state index in [-0.39, 0.29) is 6.61 Å². The van der Waals surface area contributed by atoms with Crippen LogP contribution in [0.5, 0.6) is 0 Å². The van der Waals surface area contributed by atoms with Gasteiger partial charge in [-0.2, -0.15) is 0 Å². The van der Waals surface area contributed by atoms with Gasteiger partial charge < -0.3 is 23.7 Å². The van der Waals surface area contributed by atoms with Crippen molar-refractivity contribution in [2.24, 2.45) is 0 Å². The van der Waals surface area contributed by atoms with Gasteiger partial charge in [0.2, 0.25) is 0 Å². The van der Waals surface area contributed by atoms with Gasteiger partial charge in [0.1, 0.15) is 12.7 Å². The SMILES string of the molecule is CC(=O)OCC1O[C@@H](SS)[C@@H](OC(C)=O)C(OC(C)=O)[C@@H]1OC(C)=O. The maximum atomic E-state index is 11.5. The number of carbonyl (C=O) groups is 4. The molecule has 0 amide bonds. The van der Waals surface area contributed by atoms with Gasteiger partial charge in [0.15, 0.2) is 23.7 Å². The first-order chi connectivity index (χ1) is 11.6. The van der Waals surface area contributed by atoms with Gasteiger partial charge in [-0.3, -0.25) is 19.2 Å². The minimum atomic E-state index is -1.15. The van der Waals surface area contributed by atoms with Gasteiger partial charge >= 0.3 is 23.9 Å². The molecule has 0 aliphatic carbocycles. The van der Waals surface area contributed by atoms with Gasteiger partial charge in [-0.05, 0) is 0 Å². The average Bonchev–Trinajstić information content (AvgIpc) is 2.48. The van der Waals surface area contributed by atoms with Crippen molar-refractivity contribution in [2.75, 3.05) is 6.61 Å². The summed E-state index contributed by atoms with van der Waals surface area (Å²) in [7, 11) is 0.908. The van der Waals surface area contributed by atoms with Crippen LogP contribution in [0.15, 0.2) is 0 Å². The molecule has 142 valence electrons. The maximum Gasteiger partial charge on any atom is 0.303 e. The minimum absolute atomic E-state index is 0.247. The van der Waals surface area contributed by atoms with E-state index in [9.17, 15) is 19.2 Å². The van der Waals surface area contributed by atoms with Crippen LogP contribution < -0.4 is 0 Å². The van der Waals surface area contributed by atoms with Gasteiger partial charge in [-0.15, -0.1) is 11.7 Å². The van der Waals surface area contributed by atoms with Crippen molar-refractivity contribution in [3.05, 3.63) is 0 Å². The molecule has 2 unspecified atom stereocenters. The lowest BCUT2D eigenvalue weighted by atomic mass is 9.99. The molecular weight excluding hydrogens is 376 g/mol. The molecule has 0 saturated carbocycles. The number of carbonyl (C=O) groups excluding carboxylic acids is 4. The van der Waals surface area contributed by atoms with Crippen LogP contribution in [-0.4, -0.2) is 60.3 Å². The molecule has 1 aliphatic rings. The van der Waals surface area contributed by atoms with Crippen molar-refractivity contribution in [2.45, 2.75) is 57.5 Å². The molecule has 0 bridgehead atoms. The van der Waals surface area contributed by atoms with Gasteiger partial charge in [0.25, 0.3) is 0 Å². The first kappa shape index (κ1) is 21.6. The molecule has 25 heavy (non-hydrogen) atoms. The average molecular weight is 396 g/mol. The lowest BCUT2D eigenvalue weighted by Crippen LogP contribution is -2.61. The molecule has 1 aliphatic heterocycles. The van der Waals surface area contributed by atoms with Crippen LogP contribution in [0, 0.1) is 0 Å². The van der Waals surface area contributed by atoms with E-state index in [0.717, 1.165) is 24.6 Å². The van der Waals surface area contributed by atoms with Crippen molar-refractivity contribution < 1.29 is 42.9 Å². The van der Waals surface area contributed by atoms with Crippen molar-refractivity contribution in [1.82, 2.24) is 0 Å². The molecule has 9 nitrogen and oxygen atoms in total. The number of rotatable bonds is 6. The number of hydrogen-bond donors (Lipinski definition) is 1. The minimum Gasteiger partial charge on any atom is -0.463 e. The van der Waals surface area contributed by atoms with E-state index in [4.69, 9.17) is 23.7 Å². The second-order valence-electron chi connectivity index (χ2n) is 5.17. The molecule has 1 saturated heterocycles. The molecular formula is C14H20O9S2. The number of ether oxygens (including phenoxy) is 5. The highest BCUT2D eigenvalue weighted by Gasteiger charge is 2.52. The van der Waals surface area contributed by atoms with E-state index in [1.165, 1.54) is 13.8 Å². The van der Waals surface area contributed by atoms with Gasteiger partial charge in [-0.1, -0.05) is 10.8 Å². The lowest BCUT2D eigenvalue weighted by Gasteiger charge is -2.43. The Hall–Kier alpha value is -1.46. The van der Waals surface area contributed by atoms with Crippen LogP contribution in [0.2, 0.25) is 0 Å². The van der Waals surface area contributed by atoms with Crippen LogP contribution in [0.3, 0.4) is 0 Å². The zero-order valence-corrected chi connectivity index (χ0v) is 15.8. The van der Waals surface area contributed by atoms with Gasteiger partial charge in [0, 0.05) is 27.7 Å². The lowest BCUT2D eigenvalue weighted by molar-refractivity contribution is -0.237. The highest BCUT2D eigenvalue weighted by molar-refractivity contribution is 8.68. The van der Waals surface area contributed by atoms with Crippen LogP contribution >= 0.6 is 22.5 Å². The molecule has 1 rings (SSSR count). The second-order valence-corrected chi connectivity index (χ2v) is 6.48. The molecule has 1 heterocycles. The van der Waals surface area contributed by atoms with Crippen LogP contribution in [0.4, 0.5) is 0 Å². The Bertz CT molecular complexity index is 524. The van der Waals surface area contributed by atoms with Crippen molar-refractivity contribution in [3.8, 4) is 0 Å². The normalized spacial score (nSPS) is 28.6. The summed E-state index contributed by atoms with van der Waals surface area (Å²) in [5, 5.41) is 0. The summed E-state index contributed by atoms with van der Waals surface area (Å²) < 4.78 is 26.2. The van der Waals surface area contributed by atoms with Gasteiger partial charge in [-0.25, -0.2) is 0 Å². The van der Waals surface area contributed by atoms with E-state index >= 15 is 0 Å². The summed E-state index contributed by atoms with van der Waals surface area (Å²) in [5.41, 5.74) is -0.844. The first-order valence-electron chi connectivity index (χ1n) is 7.26. The molecule has 0 spiro atoms. The van der Waals surface area contributed by atoms with Gasteiger partial charge in [0.05, 0.1) is 0 Å². The number of thiol groups is 1. The van der Waals surface area contributed by atoms with E-state index in [1.807, 2.05) is 0 Å². The van der Waals surface area contributed by atoms with Crippen LogP contribution in [0.1, 0.15) is 27.7 Å². The van der Waals surface area contributed by atoms with E-state index < -0.39 is 53.7 Å². The highest BCUT2D eigenvalue weighted by Crippen LogP contribution is 2.35. The van der Waals surface area contributed by atoms with Crippen molar-refractivity contribution in [1.29, 1.82) is 0 Å². The van der Waals surface area contributed by atoms with Crippen LogP contribution in [-0.2, 0) is 42.9 Å². The summed E-state index contributed by atoms with van der Waals surface area (Å²) in [6.45, 7) is 4.46. The zero-order chi connectivity index (χ0) is 19.1. The largest absolute Gasteiger partial charge is 0.463 e. The Morgan fingerprint density at radius 3 is 1.76 bits per heavy atom. The number of hydrogen-bond acceptors (Lipinski definition) is 11. The molecule has 11 heteroatoms. The molecule has 0 N–H and O–H groups in total. The van der Waals surface area contributed by atoms with Crippen LogP contribution in [0.25, 0.3) is 0 Å². The van der Waals surface area contributed by atoms with Crippen molar-refractivity contribution >= 4 is 46.3 Å². The Morgan fingerprint density at radius 2 is 1.32 bits per heavy atom. The molecule has 0 aromatic rings. The Kier molecular flexibility index (Phi) is 8.53. The summed E-state index contributed by atoms with van der Waals surface area (Å²) in [4.78, 5) is 45.4. The molecule has 0 aromatic carbocycles. The Labute approximate surface area is 153 Å². The summed E-state index contributed by atoms with van der Waals surface area (Å²) in [6, 6.07) is 0. The van der Waals surface area contributed by atoms with E-state index in [1.54, 1.807) is 0 Å². The fourth-order valence-electron chi connectivity index (χ4n) is 2.27. The van der Waals surface area contributed by atoms with E-state index in [0.29, 0.717) is 0 Å². The summed E-state index contributed by atoms with van der Waals surface area (Å²) in [6.07, 6.45) is -4.29. The number of esters is 4. The second kappa shape index (κ2) is 9.88. The third kappa shape index (κ3) is 6.75. The zero-order valence-electron chi connectivity index (χ0n) is 14.1. The Morgan fingerprint density at radius 1 is 0.840 bits per heavy atom. The maximum absolute atomic E-state index is 11.5. The van der Waals surface area contributed by atoms with E-state index in [2.05, 4.69) is 11.7 Å². The predicted molar refractivity (Wildman–Crippen MR) is 88.5 cm³/mol. The monoisotopic (exact) mass is 396 g/mol. The quantitative estimate of drug-likeness (QED) is 0.297. The molecule has 0 radical (unpaired) electrons. The third-order valence-electron chi connectivity index (χ3n) is 3.05.